The van der Waals surface area contributed by atoms with E-state index in [1.807, 2.05) is 37.4 Å². The third-order valence-electron chi connectivity index (χ3n) is 2.83. The quantitative estimate of drug-likeness (QED) is 0.395. The molecule has 0 radical (unpaired) electrons. The van der Waals surface area contributed by atoms with Gasteiger partial charge in [-0.3, -0.25) is 0 Å². The second-order valence-corrected chi connectivity index (χ2v) is 4.99. The van der Waals surface area contributed by atoms with Crippen LogP contribution in [-0.4, -0.2) is 26.0 Å². The van der Waals surface area contributed by atoms with E-state index < -0.39 is 0 Å². The van der Waals surface area contributed by atoms with Crippen LogP contribution in [-0.2, 0) is 0 Å². The minimum atomic E-state index is 0. The van der Waals surface area contributed by atoms with Crippen molar-refractivity contribution in [3.63, 3.8) is 0 Å². The van der Waals surface area contributed by atoms with E-state index in [1.165, 1.54) is 11.8 Å². The van der Waals surface area contributed by atoms with Crippen LogP contribution in [0.25, 0.3) is 17.2 Å². The summed E-state index contributed by atoms with van der Waals surface area (Å²) in [6.45, 7) is 1.88. The number of fused-ring (bicyclic) bond motifs is 1. The number of imidazole rings is 1. The number of nitrogens with two attached hydrogens (primary N) is 1. The first-order valence-corrected chi connectivity index (χ1v) is 7.19. The Hall–Kier alpha value is -1.55. The van der Waals surface area contributed by atoms with Gasteiger partial charge in [-0.15, -0.1) is 29.1 Å². The van der Waals surface area contributed by atoms with E-state index in [0.717, 1.165) is 17.1 Å². The van der Waals surface area contributed by atoms with Gasteiger partial charge in [0.25, 0.3) is 0 Å². The number of hydrogen-bond donors (Lipinski definition) is 1. The summed E-state index contributed by atoms with van der Waals surface area (Å²) in [5.41, 5.74) is 8.00. The fourth-order valence-electron chi connectivity index (χ4n) is 1.79. The minimum Gasteiger partial charge on any atom is -0.417 e. The largest absolute Gasteiger partial charge is 0.417 e. The van der Waals surface area contributed by atoms with Crippen molar-refractivity contribution >= 4 is 52.3 Å². The first-order chi connectivity index (χ1) is 9.67. The van der Waals surface area contributed by atoms with Gasteiger partial charge in [-0.2, -0.15) is 4.52 Å². The van der Waals surface area contributed by atoms with Crippen molar-refractivity contribution in [3.8, 4) is 11.5 Å². The van der Waals surface area contributed by atoms with E-state index in [-0.39, 0.29) is 24.0 Å². The van der Waals surface area contributed by atoms with Crippen LogP contribution >= 0.6 is 35.7 Å². The lowest BCUT2D eigenvalue weighted by Gasteiger charge is -1.98. The van der Waals surface area contributed by atoms with E-state index in [4.69, 9.17) is 10.2 Å². The number of thioether (sulfide) groups is 1. The highest BCUT2D eigenvalue weighted by Gasteiger charge is 2.10. The van der Waals surface area contributed by atoms with Crippen molar-refractivity contribution in [3.05, 3.63) is 36.3 Å². The third kappa shape index (κ3) is 3.21. The molecule has 0 aliphatic rings. The molecule has 1 aromatic carbocycles. The Kier molecular flexibility index (Phi) is 4.88. The molecule has 8 heteroatoms. The van der Waals surface area contributed by atoms with Crippen LogP contribution in [0.4, 0.5) is 5.69 Å². The number of nitrogens with zero attached hydrogens (tertiary/aromatic N) is 4. The van der Waals surface area contributed by atoms with E-state index >= 15 is 0 Å². The van der Waals surface area contributed by atoms with Crippen LogP contribution in [0.15, 0.2) is 39.9 Å². The van der Waals surface area contributed by atoms with E-state index in [1.54, 1.807) is 10.7 Å². The van der Waals surface area contributed by atoms with Gasteiger partial charge in [0.05, 0.1) is 11.9 Å². The number of benzene rings is 1. The molecule has 6 nitrogen and oxygen atoms in total. The normalized spacial score (nSPS) is 11.6. The number of halogens is 1. The fraction of sp³-hybridized carbons (Fsp3) is 0.154. The van der Waals surface area contributed by atoms with Gasteiger partial charge in [-0.1, -0.05) is 11.8 Å². The molecule has 0 unspecified atom stereocenters. The van der Waals surface area contributed by atoms with Crippen LogP contribution < -0.4 is 5.73 Å². The number of aromatic nitrogens is 3. The van der Waals surface area contributed by atoms with Crippen molar-refractivity contribution in [2.24, 2.45) is 10.7 Å². The van der Waals surface area contributed by atoms with Crippen LogP contribution in [0.1, 0.15) is 5.82 Å². The molecule has 0 aliphatic carbocycles. The summed E-state index contributed by atoms with van der Waals surface area (Å²) >= 11 is 1.41. The average Bonchev–Trinajstić information content (AvgIpc) is 3.02. The Morgan fingerprint density at radius 1 is 1.33 bits per heavy atom. The highest BCUT2D eigenvalue weighted by Crippen LogP contribution is 2.23. The zero-order valence-electron chi connectivity index (χ0n) is 11.5. The Morgan fingerprint density at radius 3 is 2.67 bits per heavy atom. The second kappa shape index (κ2) is 6.48. The molecule has 0 saturated heterocycles. The number of amidine groups is 1. The summed E-state index contributed by atoms with van der Waals surface area (Å²) in [6, 6.07) is 7.56. The highest BCUT2D eigenvalue weighted by atomic mass is 127. The van der Waals surface area contributed by atoms with E-state index in [0.29, 0.717) is 16.8 Å². The lowest BCUT2D eigenvalue weighted by atomic mass is 10.2. The monoisotopic (exact) mass is 415 g/mol. The van der Waals surface area contributed by atoms with Gasteiger partial charge in [-0.25, -0.2) is 9.98 Å². The van der Waals surface area contributed by atoms with Gasteiger partial charge < -0.3 is 10.2 Å². The second-order valence-electron chi connectivity index (χ2n) is 4.16. The van der Waals surface area contributed by atoms with Crippen LogP contribution in [0, 0.1) is 6.92 Å². The molecule has 0 atom stereocenters. The molecule has 0 saturated carbocycles. The molecule has 0 fully saturated rings. The fourth-order valence-corrected chi connectivity index (χ4v) is 1.98. The maximum Gasteiger partial charge on any atom is 0.246 e. The zero-order chi connectivity index (χ0) is 14.1. The summed E-state index contributed by atoms with van der Waals surface area (Å²) in [6.07, 6.45) is 3.54. The number of hydrogen-bond acceptors (Lipinski definition) is 5. The van der Waals surface area contributed by atoms with Gasteiger partial charge in [0.1, 0.15) is 5.82 Å². The number of aliphatic imine (C=N–C) groups is 1. The van der Waals surface area contributed by atoms with E-state index in [9.17, 15) is 0 Å². The molecular weight excluding hydrogens is 401 g/mol. The lowest BCUT2D eigenvalue weighted by molar-refractivity contribution is 0.617. The van der Waals surface area contributed by atoms with Gasteiger partial charge >= 0.3 is 0 Å². The molecule has 3 aromatic rings. The Balaban J connectivity index is 0.00000161. The van der Waals surface area contributed by atoms with Gasteiger partial charge in [0, 0.05) is 5.56 Å². The van der Waals surface area contributed by atoms with Crippen molar-refractivity contribution in [2.45, 2.75) is 6.92 Å². The number of rotatable bonds is 2. The predicted octanol–water partition coefficient (Wildman–Crippen LogP) is 3.22. The Morgan fingerprint density at radius 2 is 2.05 bits per heavy atom. The molecule has 0 spiro atoms. The van der Waals surface area contributed by atoms with Gasteiger partial charge in [-0.05, 0) is 37.4 Å². The van der Waals surface area contributed by atoms with Crippen molar-refractivity contribution < 1.29 is 4.42 Å². The molecule has 0 amide bonds. The molecule has 0 bridgehead atoms. The summed E-state index contributed by atoms with van der Waals surface area (Å²) in [4.78, 5) is 8.37. The van der Waals surface area contributed by atoms with Crippen molar-refractivity contribution in [1.82, 2.24) is 14.6 Å². The minimum absolute atomic E-state index is 0. The van der Waals surface area contributed by atoms with Gasteiger partial charge in [0.15, 0.2) is 5.17 Å². The zero-order valence-corrected chi connectivity index (χ0v) is 14.6. The summed E-state index contributed by atoms with van der Waals surface area (Å²) in [7, 11) is 0. The molecule has 0 aliphatic heterocycles. The maximum absolute atomic E-state index is 5.68. The van der Waals surface area contributed by atoms with Crippen molar-refractivity contribution in [1.29, 1.82) is 0 Å². The lowest BCUT2D eigenvalue weighted by Crippen LogP contribution is -2.03. The van der Waals surface area contributed by atoms with Crippen LogP contribution in [0.5, 0.6) is 0 Å². The summed E-state index contributed by atoms with van der Waals surface area (Å²) < 4.78 is 7.32. The van der Waals surface area contributed by atoms with Gasteiger partial charge in [0.2, 0.25) is 11.6 Å². The molecule has 2 heterocycles. The number of aryl methyl sites for hydroxylation is 1. The molecule has 110 valence electrons. The van der Waals surface area contributed by atoms with E-state index in [2.05, 4.69) is 15.1 Å². The standard InChI is InChI=1S/C13H13N5OS.HI/c1-8-15-7-11-18(8)17-12(19-11)9-3-5-10(6-4-9)16-13(14)20-2;/h3-7H,1-2H3,(H2,14,16);1H. The van der Waals surface area contributed by atoms with Crippen LogP contribution in [0.2, 0.25) is 0 Å². The predicted molar refractivity (Wildman–Crippen MR) is 95.6 cm³/mol. The summed E-state index contributed by atoms with van der Waals surface area (Å²) in [5, 5.41) is 4.90. The molecule has 2 N–H and O–H groups in total. The first-order valence-electron chi connectivity index (χ1n) is 5.97. The molecule has 21 heavy (non-hydrogen) atoms. The smallest absolute Gasteiger partial charge is 0.246 e. The topological polar surface area (TPSA) is 81.7 Å². The Bertz CT molecular complexity index is 778. The van der Waals surface area contributed by atoms with Crippen molar-refractivity contribution in [2.75, 3.05) is 6.26 Å². The third-order valence-corrected chi connectivity index (χ3v) is 3.34. The molecule has 2 aromatic heterocycles. The highest BCUT2D eigenvalue weighted by molar-refractivity contribution is 14.0. The average molecular weight is 415 g/mol. The maximum atomic E-state index is 5.68. The summed E-state index contributed by atoms with van der Waals surface area (Å²) in [5.74, 6) is 1.35. The first kappa shape index (κ1) is 15.8. The molecule has 3 rings (SSSR count). The Labute approximate surface area is 142 Å². The SMILES string of the molecule is CSC(N)=Nc1ccc(-c2nn3c(C)ncc3o2)cc1.I. The molecular formula is C13H14IN5OS. The van der Waals surface area contributed by atoms with Crippen LogP contribution in [0.3, 0.4) is 0 Å².